The van der Waals surface area contributed by atoms with Crippen molar-refractivity contribution >= 4 is 12.1 Å². The molecular formula is C23H31N3O2. The van der Waals surface area contributed by atoms with Crippen LogP contribution in [0.25, 0.3) is 0 Å². The van der Waals surface area contributed by atoms with Gasteiger partial charge in [0.2, 0.25) is 5.91 Å². The first-order valence-electron chi connectivity index (χ1n) is 9.57. The molecule has 1 aromatic carbocycles. The summed E-state index contributed by atoms with van der Waals surface area (Å²) in [6, 6.07) is 7.70. The number of amides is 1. The van der Waals surface area contributed by atoms with E-state index in [0.29, 0.717) is 18.6 Å². The molecule has 5 heteroatoms. The highest BCUT2D eigenvalue weighted by Gasteiger charge is 2.26. The van der Waals surface area contributed by atoms with Crippen LogP contribution >= 0.6 is 0 Å². The van der Waals surface area contributed by atoms with E-state index in [-0.39, 0.29) is 16.7 Å². The fraction of sp³-hybridized carbons (Fsp3) is 0.435. The Labute approximate surface area is 167 Å². The molecule has 2 aromatic rings. The molecule has 1 heterocycles. The fourth-order valence-corrected chi connectivity index (χ4v) is 2.93. The summed E-state index contributed by atoms with van der Waals surface area (Å²) in [4.78, 5) is 16.1. The lowest BCUT2D eigenvalue weighted by atomic mass is 9.78. The van der Waals surface area contributed by atoms with E-state index >= 15 is 0 Å². The van der Waals surface area contributed by atoms with Gasteiger partial charge < -0.3 is 5.11 Å². The minimum Gasteiger partial charge on any atom is -0.507 e. The summed E-state index contributed by atoms with van der Waals surface area (Å²) in [6.07, 6.45) is 5.84. The van der Waals surface area contributed by atoms with Crippen molar-refractivity contribution in [3.8, 4) is 5.75 Å². The minimum absolute atomic E-state index is 0.150. The molecule has 0 fully saturated rings. The van der Waals surface area contributed by atoms with Crippen LogP contribution in [-0.4, -0.2) is 22.2 Å². The van der Waals surface area contributed by atoms with Crippen molar-refractivity contribution in [2.24, 2.45) is 5.10 Å². The number of hydrazone groups is 1. The largest absolute Gasteiger partial charge is 0.507 e. The Morgan fingerprint density at radius 1 is 1.14 bits per heavy atom. The van der Waals surface area contributed by atoms with Crippen molar-refractivity contribution < 1.29 is 9.90 Å². The summed E-state index contributed by atoms with van der Waals surface area (Å²) in [5.41, 5.74) is 5.87. The average Bonchev–Trinajstić information content (AvgIpc) is 2.59. The fourth-order valence-electron chi connectivity index (χ4n) is 2.93. The quantitative estimate of drug-likeness (QED) is 0.593. The van der Waals surface area contributed by atoms with Crippen LogP contribution in [0, 0.1) is 0 Å². The van der Waals surface area contributed by atoms with Gasteiger partial charge in [-0.15, -0.1) is 0 Å². The Bertz CT molecular complexity index is 809. The van der Waals surface area contributed by atoms with Crippen LogP contribution in [-0.2, 0) is 22.0 Å². The van der Waals surface area contributed by atoms with Crippen LogP contribution < -0.4 is 5.43 Å². The van der Waals surface area contributed by atoms with Crippen LogP contribution in [0.4, 0.5) is 0 Å². The summed E-state index contributed by atoms with van der Waals surface area (Å²) in [7, 11) is 0. The van der Waals surface area contributed by atoms with Gasteiger partial charge in [0.05, 0.1) is 6.21 Å². The SMILES string of the molecule is CC(C)(C)c1cc(CCC(=O)N/N=C/c2cccnc2)cc(C(C)(C)C)c1O. The Kier molecular flexibility index (Phi) is 6.60. The van der Waals surface area contributed by atoms with E-state index in [4.69, 9.17) is 0 Å². The highest BCUT2D eigenvalue weighted by Crippen LogP contribution is 2.39. The number of aromatic nitrogens is 1. The van der Waals surface area contributed by atoms with E-state index in [0.717, 1.165) is 22.3 Å². The maximum atomic E-state index is 12.1. The molecule has 28 heavy (non-hydrogen) atoms. The second kappa shape index (κ2) is 8.55. The zero-order chi connectivity index (χ0) is 20.9. The Balaban J connectivity index is 2.11. The van der Waals surface area contributed by atoms with Gasteiger partial charge in [0, 0.05) is 24.4 Å². The van der Waals surface area contributed by atoms with Gasteiger partial charge in [0.15, 0.2) is 0 Å². The van der Waals surface area contributed by atoms with Crippen molar-refractivity contribution in [2.45, 2.75) is 65.2 Å². The highest BCUT2D eigenvalue weighted by atomic mass is 16.3. The van der Waals surface area contributed by atoms with Gasteiger partial charge in [-0.3, -0.25) is 9.78 Å². The minimum atomic E-state index is -0.184. The molecule has 0 radical (unpaired) electrons. The Morgan fingerprint density at radius 2 is 1.75 bits per heavy atom. The second-order valence-corrected chi connectivity index (χ2v) is 9.12. The third kappa shape index (κ3) is 5.91. The molecule has 0 bridgehead atoms. The molecule has 0 atom stereocenters. The topological polar surface area (TPSA) is 74.6 Å². The Hall–Kier alpha value is -2.69. The number of carbonyl (C=O) groups is 1. The van der Waals surface area contributed by atoms with Crippen molar-refractivity contribution in [2.75, 3.05) is 0 Å². The molecule has 0 saturated carbocycles. The number of phenols is 1. The van der Waals surface area contributed by atoms with Gasteiger partial charge in [-0.05, 0) is 40.0 Å². The number of rotatable bonds is 5. The maximum absolute atomic E-state index is 12.1. The first kappa shape index (κ1) is 21.6. The van der Waals surface area contributed by atoms with E-state index in [1.54, 1.807) is 18.6 Å². The van der Waals surface area contributed by atoms with Crippen molar-refractivity contribution in [1.82, 2.24) is 10.4 Å². The molecule has 2 N–H and O–H groups in total. The Morgan fingerprint density at radius 3 is 2.25 bits per heavy atom. The number of aromatic hydroxyl groups is 1. The third-order valence-electron chi connectivity index (χ3n) is 4.51. The first-order chi connectivity index (χ1) is 13.0. The van der Waals surface area contributed by atoms with E-state index in [2.05, 4.69) is 57.1 Å². The average molecular weight is 382 g/mol. The molecule has 0 aliphatic carbocycles. The summed E-state index contributed by atoms with van der Waals surface area (Å²) in [6.45, 7) is 12.5. The lowest BCUT2D eigenvalue weighted by molar-refractivity contribution is -0.121. The molecule has 0 spiro atoms. The molecule has 2 rings (SSSR count). The number of hydrogen-bond donors (Lipinski definition) is 2. The lowest BCUT2D eigenvalue weighted by Gasteiger charge is -2.28. The van der Waals surface area contributed by atoms with Gasteiger partial charge >= 0.3 is 0 Å². The zero-order valence-electron chi connectivity index (χ0n) is 17.7. The van der Waals surface area contributed by atoms with Gasteiger partial charge in [0.1, 0.15) is 5.75 Å². The van der Waals surface area contributed by atoms with E-state index in [1.807, 2.05) is 24.3 Å². The molecule has 0 aliphatic heterocycles. The smallest absolute Gasteiger partial charge is 0.240 e. The highest BCUT2D eigenvalue weighted by molar-refractivity contribution is 5.82. The number of nitrogens with zero attached hydrogens (tertiary/aromatic N) is 2. The summed E-state index contributed by atoms with van der Waals surface area (Å²) in [5, 5.41) is 14.8. The number of hydrogen-bond acceptors (Lipinski definition) is 4. The van der Waals surface area contributed by atoms with Crippen molar-refractivity contribution in [3.05, 3.63) is 58.9 Å². The third-order valence-corrected chi connectivity index (χ3v) is 4.51. The van der Waals surface area contributed by atoms with Gasteiger partial charge in [-0.1, -0.05) is 59.7 Å². The van der Waals surface area contributed by atoms with Crippen LogP contribution in [0.3, 0.4) is 0 Å². The predicted octanol–water partition coefficient (Wildman–Crippen LogP) is 4.47. The van der Waals surface area contributed by atoms with E-state index < -0.39 is 0 Å². The molecular weight excluding hydrogens is 350 g/mol. The molecule has 0 saturated heterocycles. The van der Waals surface area contributed by atoms with Gasteiger partial charge in [-0.2, -0.15) is 5.10 Å². The number of phenolic OH excluding ortho intramolecular Hbond substituents is 1. The van der Waals surface area contributed by atoms with Gasteiger partial charge in [-0.25, -0.2) is 5.43 Å². The molecule has 1 amide bonds. The second-order valence-electron chi connectivity index (χ2n) is 9.12. The molecule has 0 unspecified atom stereocenters. The summed E-state index contributed by atoms with van der Waals surface area (Å²) < 4.78 is 0. The number of pyridine rings is 1. The lowest BCUT2D eigenvalue weighted by Crippen LogP contribution is -2.20. The summed E-state index contributed by atoms with van der Waals surface area (Å²) in [5.74, 6) is 0.206. The number of nitrogens with one attached hydrogen (secondary N) is 1. The van der Waals surface area contributed by atoms with Crippen LogP contribution in [0.1, 0.15) is 70.2 Å². The standard InChI is InChI=1S/C23H31N3O2/c1-22(2,3)18-12-16(13-19(21(18)28)23(4,5)6)9-10-20(27)26-25-15-17-8-7-11-24-14-17/h7-8,11-15,28H,9-10H2,1-6H3,(H,26,27)/b25-15+. The number of aryl methyl sites for hydroxylation is 1. The molecule has 1 aromatic heterocycles. The van der Waals surface area contributed by atoms with Gasteiger partial charge in [0.25, 0.3) is 0 Å². The number of carbonyl (C=O) groups excluding carboxylic acids is 1. The van der Waals surface area contributed by atoms with E-state index in [9.17, 15) is 9.90 Å². The predicted molar refractivity (Wildman–Crippen MR) is 114 cm³/mol. The monoisotopic (exact) mass is 381 g/mol. The first-order valence-corrected chi connectivity index (χ1v) is 9.57. The van der Waals surface area contributed by atoms with E-state index in [1.165, 1.54) is 0 Å². The molecule has 150 valence electrons. The molecule has 0 aliphatic rings. The van der Waals surface area contributed by atoms with Crippen LogP contribution in [0.5, 0.6) is 5.75 Å². The van der Waals surface area contributed by atoms with Crippen molar-refractivity contribution in [1.29, 1.82) is 0 Å². The van der Waals surface area contributed by atoms with Crippen molar-refractivity contribution in [3.63, 3.8) is 0 Å². The van der Waals surface area contributed by atoms with Crippen LogP contribution in [0.15, 0.2) is 41.8 Å². The maximum Gasteiger partial charge on any atom is 0.240 e. The number of benzene rings is 1. The normalized spacial score (nSPS) is 12.4. The van der Waals surface area contributed by atoms with Crippen LogP contribution in [0.2, 0.25) is 0 Å². The zero-order valence-corrected chi connectivity index (χ0v) is 17.7. The molecule has 5 nitrogen and oxygen atoms in total. The summed E-state index contributed by atoms with van der Waals surface area (Å²) >= 11 is 0.